The molecule has 3 heteroatoms. The van der Waals surface area contributed by atoms with Gasteiger partial charge in [-0.3, -0.25) is 0 Å². The largest absolute Gasteiger partial charge is 0.491 e. The van der Waals surface area contributed by atoms with Crippen LogP contribution in [0, 0.1) is 0 Å². The molecule has 0 N–H and O–H groups in total. The molecular formula is C14H18O3. The minimum absolute atomic E-state index is 0.235. The SMILES string of the molecule is O=CCc1ccc(OCC2CCCCO2)cc1. The van der Waals surface area contributed by atoms with Crippen LogP contribution >= 0.6 is 0 Å². The lowest BCUT2D eigenvalue weighted by molar-refractivity contribution is -0.107. The molecule has 1 heterocycles. The van der Waals surface area contributed by atoms with E-state index in [-0.39, 0.29) is 6.10 Å². The Balaban J connectivity index is 1.79. The van der Waals surface area contributed by atoms with Gasteiger partial charge in [0, 0.05) is 13.0 Å². The maximum atomic E-state index is 10.3. The number of hydrogen-bond donors (Lipinski definition) is 0. The standard InChI is InChI=1S/C14H18O3/c15-9-8-12-4-6-13(7-5-12)17-11-14-3-1-2-10-16-14/h4-7,9,14H,1-3,8,10-11H2. The first-order valence-electron chi connectivity index (χ1n) is 6.15. The Morgan fingerprint density at radius 3 is 2.76 bits per heavy atom. The molecule has 0 saturated carbocycles. The van der Waals surface area contributed by atoms with Crippen LogP contribution in [0.5, 0.6) is 5.75 Å². The second kappa shape index (κ2) is 6.40. The van der Waals surface area contributed by atoms with Crippen LogP contribution in [0.4, 0.5) is 0 Å². The lowest BCUT2D eigenvalue weighted by atomic mass is 10.1. The van der Waals surface area contributed by atoms with Crippen molar-refractivity contribution in [2.75, 3.05) is 13.2 Å². The van der Waals surface area contributed by atoms with Gasteiger partial charge in [-0.1, -0.05) is 12.1 Å². The van der Waals surface area contributed by atoms with Gasteiger partial charge >= 0.3 is 0 Å². The fraction of sp³-hybridized carbons (Fsp3) is 0.500. The van der Waals surface area contributed by atoms with Gasteiger partial charge in [-0.15, -0.1) is 0 Å². The van der Waals surface area contributed by atoms with E-state index < -0.39 is 0 Å². The third-order valence-corrected chi connectivity index (χ3v) is 2.95. The van der Waals surface area contributed by atoms with E-state index in [4.69, 9.17) is 9.47 Å². The Morgan fingerprint density at radius 2 is 2.12 bits per heavy atom. The predicted molar refractivity (Wildman–Crippen MR) is 65.3 cm³/mol. The lowest BCUT2D eigenvalue weighted by Gasteiger charge is -2.22. The highest BCUT2D eigenvalue weighted by atomic mass is 16.5. The smallest absolute Gasteiger partial charge is 0.124 e. The molecule has 1 fully saturated rings. The average molecular weight is 234 g/mol. The summed E-state index contributed by atoms with van der Waals surface area (Å²) in [6.07, 6.45) is 5.09. The first-order chi connectivity index (χ1) is 8.38. The quantitative estimate of drug-likeness (QED) is 0.734. The second-order valence-corrected chi connectivity index (χ2v) is 4.31. The highest BCUT2D eigenvalue weighted by Crippen LogP contribution is 2.16. The van der Waals surface area contributed by atoms with Crippen LogP contribution in [-0.4, -0.2) is 25.6 Å². The van der Waals surface area contributed by atoms with Gasteiger partial charge in [0.1, 0.15) is 18.6 Å². The summed E-state index contributed by atoms with van der Waals surface area (Å²) in [5.41, 5.74) is 1.02. The van der Waals surface area contributed by atoms with Crippen molar-refractivity contribution >= 4 is 6.29 Å². The molecule has 17 heavy (non-hydrogen) atoms. The van der Waals surface area contributed by atoms with Crippen LogP contribution in [0.3, 0.4) is 0 Å². The van der Waals surface area contributed by atoms with Gasteiger partial charge in [-0.05, 0) is 37.0 Å². The summed E-state index contributed by atoms with van der Waals surface area (Å²) in [6, 6.07) is 7.65. The molecule has 0 aromatic heterocycles. The minimum atomic E-state index is 0.235. The summed E-state index contributed by atoms with van der Waals surface area (Å²) in [6.45, 7) is 1.47. The van der Waals surface area contributed by atoms with E-state index in [1.54, 1.807) is 0 Å². The van der Waals surface area contributed by atoms with E-state index >= 15 is 0 Å². The number of ether oxygens (including phenoxy) is 2. The van der Waals surface area contributed by atoms with Crippen LogP contribution < -0.4 is 4.74 Å². The zero-order chi connectivity index (χ0) is 11.9. The maximum Gasteiger partial charge on any atom is 0.124 e. The van der Waals surface area contributed by atoms with Gasteiger partial charge in [-0.25, -0.2) is 0 Å². The van der Waals surface area contributed by atoms with Crippen molar-refractivity contribution < 1.29 is 14.3 Å². The first-order valence-corrected chi connectivity index (χ1v) is 6.15. The number of hydrogen-bond acceptors (Lipinski definition) is 3. The van der Waals surface area contributed by atoms with E-state index in [0.29, 0.717) is 13.0 Å². The fourth-order valence-corrected chi connectivity index (χ4v) is 1.95. The molecule has 3 nitrogen and oxygen atoms in total. The Morgan fingerprint density at radius 1 is 1.29 bits per heavy atom. The van der Waals surface area contributed by atoms with E-state index in [9.17, 15) is 4.79 Å². The molecule has 0 bridgehead atoms. The molecule has 1 aliphatic heterocycles. The Bertz CT molecular complexity index is 339. The van der Waals surface area contributed by atoms with Crippen molar-refractivity contribution in [1.29, 1.82) is 0 Å². The third-order valence-electron chi connectivity index (χ3n) is 2.95. The molecule has 0 radical (unpaired) electrons. The Hall–Kier alpha value is -1.35. The molecule has 1 aromatic rings. The molecule has 0 amide bonds. The average Bonchev–Trinajstić information content (AvgIpc) is 2.40. The van der Waals surface area contributed by atoms with Crippen molar-refractivity contribution in [1.82, 2.24) is 0 Å². The van der Waals surface area contributed by atoms with Crippen LogP contribution in [0.1, 0.15) is 24.8 Å². The van der Waals surface area contributed by atoms with Crippen molar-refractivity contribution in [2.45, 2.75) is 31.8 Å². The third kappa shape index (κ3) is 3.86. The van der Waals surface area contributed by atoms with Crippen LogP contribution in [0.15, 0.2) is 24.3 Å². The van der Waals surface area contributed by atoms with Crippen molar-refractivity contribution in [3.05, 3.63) is 29.8 Å². The zero-order valence-corrected chi connectivity index (χ0v) is 9.93. The Kier molecular flexibility index (Phi) is 4.56. The van der Waals surface area contributed by atoms with Crippen LogP contribution in [-0.2, 0) is 16.0 Å². The van der Waals surface area contributed by atoms with Crippen molar-refractivity contribution in [2.24, 2.45) is 0 Å². The normalized spacial score (nSPS) is 19.9. The molecule has 2 rings (SSSR count). The summed E-state index contributed by atoms with van der Waals surface area (Å²) < 4.78 is 11.3. The zero-order valence-electron chi connectivity index (χ0n) is 9.93. The summed E-state index contributed by atoms with van der Waals surface area (Å²) in [5, 5.41) is 0. The lowest BCUT2D eigenvalue weighted by Crippen LogP contribution is -2.25. The minimum Gasteiger partial charge on any atom is -0.491 e. The molecule has 1 atom stereocenters. The molecule has 1 saturated heterocycles. The fourth-order valence-electron chi connectivity index (χ4n) is 1.95. The molecule has 1 aromatic carbocycles. The van der Waals surface area contributed by atoms with Gasteiger partial charge in [0.2, 0.25) is 0 Å². The number of rotatable bonds is 5. The highest BCUT2D eigenvalue weighted by Gasteiger charge is 2.14. The molecule has 1 unspecified atom stereocenters. The highest BCUT2D eigenvalue weighted by molar-refractivity contribution is 5.55. The molecule has 92 valence electrons. The summed E-state index contributed by atoms with van der Waals surface area (Å²) in [7, 11) is 0. The Labute approximate surface area is 102 Å². The van der Waals surface area contributed by atoms with Crippen LogP contribution in [0.25, 0.3) is 0 Å². The van der Waals surface area contributed by atoms with Crippen molar-refractivity contribution in [3.63, 3.8) is 0 Å². The summed E-state index contributed by atoms with van der Waals surface area (Å²) in [5.74, 6) is 0.842. The van der Waals surface area contributed by atoms with Gasteiger partial charge < -0.3 is 14.3 Å². The van der Waals surface area contributed by atoms with E-state index in [2.05, 4.69) is 0 Å². The topological polar surface area (TPSA) is 35.5 Å². The van der Waals surface area contributed by atoms with E-state index in [0.717, 1.165) is 37.0 Å². The summed E-state index contributed by atoms with van der Waals surface area (Å²) >= 11 is 0. The van der Waals surface area contributed by atoms with Crippen LogP contribution in [0.2, 0.25) is 0 Å². The van der Waals surface area contributed by atoms with Gasteiger partial charge in [0.25, 0.3) is 0 Å². The summed E-state index contributed by atoms with van der Waals surface area (Å²) in [4.78, 5) is 10.3. The predicted octanol–water partition coefficient (Wildman–Crippen LogP) is 2.38. The van der Waals surface area contributed by atoms with Gasteiger partial charge in [-0.2, -0.15) is 0 Å². The molecule has 0 aliphatic carbocycles. The number of carbonyl (C=O) groups excluding carboxylic acids is 1. The molecular weight excluding hydrogens is 216 g/mol. The van der Waals surface area contributed by atoms with Crippen molar-refractivity contribution in [3.8, 4) is 5.75 Å². The number of aldehydes is 1. The number of benzene rings is 1. The molecule has 0 spiro atoms. The monoisotopic (exact) mass is 234 g/mol. The maximum absolute atomic E-state index is 10.3. The van der Waals surface area contributed by atoms with E-state index in [1.807, 2.05) is 24.3 Å². The first kappa shape index (κ1) is 12.1. The molecule has 1 aliphatic rings. The second-order valence-electron chi connectivity index (χ2n) is 4.31. The van der Waals surface area contributed by atoms with E-state index in [1.165, 1.54) is 6.42 Å². The number of carbonyl (C=O) groups is 1. The van der Waals surface area contributed by atoms with Gasteiger partial charge in [0.15, 0.2) is 0 Å². The van der Waals surface area contributed by atoms with Gasteiger partial charge in [0.05, 0.1) is 6.10 Å².